The maximum Gasteiger partial charge on any atom is 0 e. The molecule has 0 amide bonds. The Morgan fingerprint density at radius 3 is 1.57 bits per heavy atom. The molecule has 0 aliphatic carbocycles. The summed E-state index contributed by atoms with van der Waals surface area (Å²) in [6.07, 6.45) is 0. The van der Waals surface area contributed by atoms with Gasteiger partial charge in [0, 0.05) is 35.6 Å². The van der Waals surface area contributed by atoms with Crippen LogP contribution in [0.5, 0.6) is 0 Å². The summed E-state index contributed by atoms with van der Waals surface area (Å²) >= 11 is 0. The van der Waals surface area contributed by atoms with E-state index in [0.717, 1.165) is 0 Å². The number of rotatable bonds is 0. The van der Waals surface area contributed by atoms with Gasteiger partial charge in [0.1, 0.15) is 0 Å². The van der Waals surface area contributed by atoms with E-state index in [-0.39, 0.29) is 35.6 Å². The molecule has 2 radical (unpaired) electrons. The minimum absolute atomic E-state index is 0. The average Bonchev–Trinajstić information content (AvgIpc) is 1.72. The second-order valence-electron chi connectivity index (χ2n) is 1.08. The molecule has 0 aliphatic heterocycles. The molecule has 0 saturated heterocycles. The van der Waals surface area contributed by atoms with E-state index in [2.05, 4.69) is 6.07 Å². The molecular weight excluding hydrogens is 211 g/mol. The normalized spacial score (nSPS) is 6.86. The Labute approximate surface area is 71.5 Å². The molecule has 0 aromatic heterocycles. The van der Waals surface area contributed by atoms with Crippen LogP contribution in [-0.4, -0.2) is 0 Å². The molecule has 1 aromatic carbocycles. The average molecular weight is 216 g/mol. The van der Waals surface area contributed by atoms with Crippen LogP contribution < -0.4 is 0 Å². The molecule has 32 valence electrons. The first-order valence-electron chi connectivity index (χ1n) is 1.91. The molecule has 0 spiro atoms. The van der Waals surface area contributed by atoms with Gasteiger partial charge in [-0.15, -0.1) is 0 Å². The smallest absolute Gasteiger partial charge is 0 e. The third kappa shape index (κ3) is 3.04. The summed E-state index contributed by atoms with van der Waals surface area (Å²) in [5.74, 6) is 0. The molecule has 0 fully saturated rings. The Morgan fingerprint density at radius 2 is 1.43 bits per heavy atom. The van der Waals surface area contributed by atoms with Gasteiger partial charge in [-0.1, -0.05) is 30.3 Å². The van der Waals surface area contributed by atoms with Gasteiger partial charge in [0.2, 0.25) is 0 Å². The number of hydrogen-bond acceptors (Lipinski definition) is 0. The van der Waals surface area contributed by atoms with Crippen molar-refractivity contribution in [1.82, 2.24) is 0 Å². The van der Waals surface area contributed by atoms with Gasteiger partial charge in [-0.05, 0) is 6.07 Å². The minimum Gasteiger partial charge on any atom is -0.0622 e. The molecule has 0 aliphatic rings. The van der Waals surface area contributed by atoms with E-state index >= 15 is 0 Å². The first-order chi connectivity index (χ1) is 3.00. The number of hydrogen-bond donors (Lipinski definition) is 0. The van der Waals surface area contributed by atoms with Crippen LogP contribution in [0.1, 0.15) is 0 Å². The van der Waals surface area contributed by atoms with E-state index in [1.54, 1.807) is 0 Å². The van der Waals surface area contributed by atoms with Crippen LogP contribution in [0.3, 0.4) is 0 Å². The van der Waals surface area contributed by atoms with Crippen molar-refractivity contribution in [3.63, 3.8) is 0 Å². The molecule has 0 unspecified atom stereocenters. The largest absolute Gasteiger partial charge is 0.0622 e. The molecule has 0 N–H and O–H groups in total. The van der Waals surface area contributed by atoms with Crippen molar-refractivity contribution in [3.05, 3.63) is 36.4 Å². The fraction of sp³-hybridized carbons (Fsp3) is 0. The zero-order valence-corrected chi connectivity index (χ0v) is 7.59. The first kappa shape index (κ1) is 7.41. The third-order valence-corrected chi connectivity index (χ3v) is 0.607. The predicted molar refractivity (Wildman–Crippen MR) is 25.3 cm³/mol. The van der Waals surface area contributed by atoms with Crippen LogP contribution in [0.2, 0.25) is 0 Å². The standard InChI is InChI=1S/C6H5.La/c1-2-4-6-5-3-1;/h1-5H;. The monoisotopic (exact) mass is 216 g/mol. The van der Waals surface area contributed by atoms with Crippen molar-refractivity contribution < 1.29 is 35.6 Å². The summed E-state index contributed by atoms with van der Waals surface area (Å²) < 4.78 is 0. The van der Waals surface area contributed by atoms with Crippen molar-refractivity contribution >= 4 is 0 Å². The minimum atomic E-state index is 0. The molecule has 0 bridgehead atoms. The van der Waals surface area contributed by atoms with Gasteiger partial charge in [0.25, 0.3) is 0 Å². The van der Waals surface area contributed by atoms with Crippen LogP contribution in [0.15, 0.2) is 30.3 Å². The Morgan fingerprint density at radius 1 is 0.857 bits per heavy atom. The van der Waals surface area contributed by atoms with Crippen LogP contribution in [0.25, 0.3) is 0 Å². The van der Waals surface area contributed by atoms with E-state index in [1.807, 2.05) is 30.3 Å². The molecule has 1 rings (SSSR count). The summed E-state index contributed by atoms with van der Waals surface area (Å²) in [5.41, 5.74) is 0. The maximum atomic E-state index is 2.89. The van der Waals surface area contributed by atoms with Crippen molar-refractivity contribution in [2.24, 2.45) is 0 Å². The van der Waals surface area contributed by atoms with E-state index in [0.29, 0.717) is 0 Å². The second kappa shape index (κ2) is 4.57. The molecular formula is C6H5La. The molecule has 1 aromatic rings. The third-order valence-electron chi connectivity index (χ3n) is 0.607. The molecule has 7 heavy (non-hydrogen) atoms. The van der Waals surface area contributed by atoms with Gasteiger partial charge in [-0.2, -0.15) is 0 Å². The fourth-order valence-corrected chi connectivity index (χ4v) is 0.342. The Balaban J connectivity index is 0.000000360. The van der Waals surface area contributed by atoms with Crippen molar-refractivity contribution in [1.29, 1.82) is 0 Å². The molecule has 1 heteroatoms. The van der Waals surface area contributed by atoms with E-state index < -0.39 is 0 Å². The predicted octanol–water partition coefficient (Wildman–Crippen LogP) is 1.49. The molecule has 0 atom stereocenters. The second-order valence-corrected chi connectivity index (χ2v) is 1.08. The van der Waals surface area contributed by atoms with Gasteiger partial charge in [0.15, 0.2) is 0 Å². The van der Waals surface area contributed by atoms with E-state index in [1.165, 1.54) is 0 Å². The van der Waals surface area contributed by atoms with Gasteiger partial charge in [0.05, 0.1) is 0 Å². The SMILES string of the molecule is [La].[c]1ccccc1. The van der Waals surface area contributed by atoms with Crippen LogP contribution in [0, 0.1) is 41.7 Å². The van der Waals surface area contributed by atoms with E-state index in [4.69, 9.17) is 0 Å². The maximum absolute atomic E-state index is 2.89. The Kier molecular flexibility index (Phi) is 4.84. The van der Waals surface area contributed by atoms with Crippen LogP contribution >= 0.6 is 0 Å². The summed E-state index contributed by atoms with van der Waals surface area (Å²) in [5, 5.41) is 0. The zero-order valence-electron chi connectivity index (χ0n) is 3.96. The van der Waals surface area contributed by atoms with Gasteiger partial charge >= 0.3 is 0 Å². The molecule has 0 nitrogen and oxygen atoms in total. The summed E-state index contributed by atoms with van der Waals surface area (Å²) in [6.45, 7) is 0. The topological polar surface area (TPSA) is 0 Å². The molecule has 0 saturated carbocycles. The van der Waals surface area contributed by atoms with Crippen LogP contribution in [0.4, 0.5) is 0 Å². The van der Waals surface area contributed by atoms with Crippen LogP contribution in [-0.2, 0) is 0 Å². The van der Waals surface area contributed by atoms with E-state index in [9.17, 15) is 0 Å². The molecule has 0 heterocycles. The van der Waals surface area contributed by atoms with Crippen molar-refractivity contribution in [2.45, 2.75) is 0 Å². The Bertz CT molecular complexity index is 76.1. The summed E-state index contributed by atoms with van der Waals surface area (Å²) in [7, 11) is 0. The summed E-state index contributed by atoms with van der Waals surface area (Å²) in [4.78, 5) is 0. The fourth-order valence-electron chi connectivity index (χ4n) is 0.342. The quantitative estimate of drug-likeness (QED) is 0.616. The van der Waals surface area contributed by atoms with Gasteiger partial charge in [-0.3, -0.25) is 0 Å². The summed E-state index contributed by atoms with van der Waals surface area (Å²) in [6, 6.07) is 12.5. The van der Waals surface area contributed by atoms with Gasteiger partial charge < -0.3 is 0 Å². The Hall–Kier alpha value is 0.415. The van der Waals surface area contributed by atoms with Crippen molar-refractivity contribution in [2.75, 3.05) is 0 Å². The first-order valence-corrected chi connectivity index (χ1v) is 1.91. The zero-order chi connectivity index (χ0) is 4.24. The van der Waals surface area contributed by atoms with Crippen molar-refractivity contribution in [3.8, 4) is 0 Å². The van der Waals surface area contributed by atoms with Gasteiger partial charge in [-0.25, -0.2) is 0 Å². The number of benzene rings is 1.